The maximum absolute atomic E-state index is 11.4. The van der Waals surface area contributed by atoms with E-state index >= 15 is 0 Å². The summed E-state index contributed by atoms with van der Waals surface area (Å²) in [6.07, 6.45) is 1.56. The summed E-state index contributed by atoms with van der Waals surface area (Å²) in [6, 6.07) is -0.456. The highest BCUT2D eigenvalue weighted by atomic mass is 16.5. The summed E-state index contributed by atoms with van der Waals surface area (Å²) in [5.74, 6) is 0.765. The Kier molecular flexibility index (Phi) is 4.23. The molecule has 0 aliphatic rings. The highest BCUT2D eigenvalue weighted by molar-refractivity contribution is 5.81. The number of hydrogen-bond acceptors (Lipinski definition) is 5. The first-order chi connectivity index (χ1) is 7.13. The van der Waals surface area contributed by atoms with E-state index in [1.165, 1.54) is 0 Å². The molecule has 1 rings (SSSR count). The lowest BCUT2D eigenvalue weighted by atomic mass is 10.2. The predicted octanol–water partition coefficient (Wildman–Crippen LogP) is 0.122. The lowest BCUT2D eigenvalue weighted by Gasteiger charge is -2.09. The van der Waals surface area contributed by atoms with E-state index in [0.717, 1.165) is 6.42 Å². The van der Waals surface area contributed by atoms with Crippen LogP contribution in [0.2, 0.25) is 0 Å². The van der Waals surface area contributed by atoms with Gasteiger partial charge in [0.05, 0.1) is 12.6 Å². The molecule has 0 unspecified atom stereocenters. The lowest BCUT2D eigenvalue weighted by Crippen LogP contribution is -2.40. The summed E-state index contributed by atoms with van der Waals surface area (Å²) in [5, 5.41) is 6.30. The predicted molar refractivity (Wildman–Crippen MR) is 53.8 cm³/mol. The van der Waals surface area contributed by atoms with Crippen molar-refractivity contribution in [1.29, 1.82) is 0 Å². The van der Waals surface area contributed by atoms with Crippen LogP contribution in [0.1, 0.15) is 31.5 Å². The SMILES string of the molecule is CCC[C@@H](N)C(=O)NCc1noc(C)n1. The molecule has 1 heterocycles. The fraction of sp³-hybridized carbons (Fsp3) is 0.667. The third-order valence-corrected chi connectivity index (χ3v) is 1.93. The standard InChI is InChI=1S/C9H16N4O2/c1-3-4-7(10)9(14)11-5-8-12-6(2)15-13-8/h7H,3-5,10H2,1-2H3,(H,11,14)/t7-/m1/s1. The molecule has 1 aromatic heterocycles. The zero-order chi connectivity index (χ0) is 11.3. The highest BCUT2D eigenvalue weighted by Crippen LogP contribution is 1.96. The van der Waals surface area contributed by atoms with Gasteiger partial charge in [0.1, 0.15) is 0 Å². The van der Waals surface area contributed by atoms with E-state index in [1.54, 1.807) is 6.92 Å². The van der Waals surface area contributed by atoms with Crippen LogP contribution in [0.5, 0.6) is 0 Å². The van der Waals surface area contributed by atoms with Crippen LogP contribution < -0.4 is 11.1 Å². The molecular weight excluding hydrogens is 196 g/mol. The van der Waals surface area contributed by atoms with Gasteiger partial charge >= 0.3 is 0 Å². The zero-order valence-corrected chi connectivity index (χ0v) is 8.99. The summed E-state index contributed by atoms with van der Waals surface area (Å²) in [6.45, 7) is 3.93. The maximum atomic E-state index is 11.4. The number of nitrogens with two attached hydrogens (primary N) is 1. The molecule has 0 saturated carbocycles. The number of rotatable bonds is 5. The molecule has 84 valence electrons. The third-order valence-electron chi connectivity index (χ3n) is 1.93. The fourth-order valence-corrected chi connectivity index (χ4v) is 1.15. The second-order valence-corrected chi connectivity index (χ2v) is 3.34. The van der Waals surface area contributed by atoms with Crippen molar-refractivity contribution in [2.75, 3.05) is 0 Å². The Balaban J connectivity index is 2.34. The summed E-state index contributed by atoms with van der Waals surface area (Å²) in [7, 11) is 0. The molecule has 3 N–H and O–H groups in total. The van der Waals surface area contributed by atoms with E-state index in [2.05, 4.69) is 15.5 Å². The molecule has 0 bridgehead atoms. The number of aryl methyl sites for hydroxylation is 1. The fourth-order valence-electron chi connectivity index (χ4n) is 1.15. The van der Waals surface area contributed by atoms with E-state index in [0.29, 0.717) is 18.1 Å². The minimum Gasteiger partial charge on any atom is -0.347 e. The molecule has 6 heteroatoms. The molecule has 1 atom stereocenters. The monoisotopic (exact) mass is 212 g/mol. The number of nitrogens with one attached hydrogen (secondary N) is 1. The van der Waals surface area contributed by atoms with Crippen molar-refractivity contribution in [2.24, 2.45) is 5.73 Å². The quantitative estimate of drug-likeness (QED) is 0.723. The molecule has 0 aliphatic heterocycles. The minimum atomic E-state index is -0.456. The molecule has 6 nitrogen and oxygen atoms in total. The first kappa shape index (κ1) is 11.6. The molecule has 0 aromatic carbocycles. The molecule has 0 aliphatic carbocycles. The van der Waals surface area contributed by atoms with E-state index in [-0.39, 0.29) is 12.5 Å². The summed E-state index contributed by atoms with van der Waals surface area (Å²) >= 11 is 0. The Morgan fingerprint density at radius 1 is 1.67 bits per heavy atom. The zero-order valence-electron chi connectivity index (χ0n) is 8.99. The second-order valence-electron chi connectivity index (χ2n) is 3.34. The van der Waals surface area contributed by atoms with Gasteiger partial charge in [-0.05, 0) is 6.42 Å². The second kappa shape index (κ2) is 5.45. The van der Waals surface area contributed by atoms with Gasteiger partial charge in [-0.3, -0.25) is 4.79 Å². The first-order valence-electron chi connectivity index (χ1n) is 4.96. The number of carbonyl (C=O) groups is 1. The largest absolute Gasteiger partial charge is 0.347 e. The van der Waals surface area contributed by atoms with Crippen LogP contribution in [0.3, 0.4) is 0 Å². The summed E-state index contributed by atoms with van der Waals surface area (Å²) in [4.78, 5) is 15.3. The molecule has 0 radical (unpaired) electrons. The summed E-state index contributed by atoms with van der Waals surface area (Å²) in [5.41, 5.74) is 5.62. The van der Waals surface area contributed by atoms with Gasteiger partial charge in [-0.1, -0.05) is 18.5 Å². The number of aromatic nitrogens is 2. The van der Waals surface area contributed by atoms with Crippen LogP contribution in [0.4, 0.5) is 0 Å². The van der Waals surface area contributed by atoms with E-state index in [4.69, 9.17) is 10.3 Å². The van der Waals surface area contributed by atoms with Gasteiger partial charge in [0.2, 0.25) is 11.8 Å². The van der Waals surface area contributed by atoms with Gasteiger partial charge in [-0.25, -0.2) is 0 Å². The van der Waals surface area contributed by atoms with Crippen molar-refractivity contribution in [3.8, 4) is 0 Å². The van der Waals surface area contributed by atoms with Crippen molar-refractivity contribution in [3.63, 3.8) is 0 Å². The van der Waals surface area contributed by atoms with Crippen molar-refractivity contribution < 1.29 is 9.32 Å². The molecule has 0 fully saturated rings. The van der Waals surface area contributed by atoms with Gasteiger partial charge in [-0.2, -0.15) is 4.98 Å². The van der Waals surface area contributed by atoms with Gasteiger partial charge in [0.25, 0.3) is 0 Å². The Morgan fingerprint density at radius 3 is 2.93 bits per heavy atom. The lowest BCUT2D eigenvalue weighted by molar-refractivity contribution is -0.122. The summed E-state index contributed by atoms with van der Waals surface area (Å²) < 4.78 is 4.76. The van der Waals surface area contributed by atoms with Crippen LogP contribution in [-0.2, 0) is 11.3 Å². The van der Waals surface area contributed by atoms with E-state index < -0.39 is 6.04 Å². The van der Waals surface area contributed by atoms with Crippen LogP contribution in [0.15, 0.2) is 4.52 Å². The average molecular weight is 212 g/mol. The smallest absolute Gasteiger partial charge is 0.237 e. The van der Waals surface area contributed by atoms with Crippen LogP contribution in [-0.4, -0.2) is 22.1 Å². The van der Waals surface area contributed by atoms with E-state index in [9.17, 15) is 4.79 Å². The molecule has 1 amide bonds. The minimum absolute atomic E-state index is 0.181. The number of amides is 1. The Hall–Kier alpha value is -1.43. The van der Waals surface area contributed by atoms with Crippen molar-refractivity contribution >= 4 is 5.91 Å². The van der Waals surface area contributed by atoms with Crippen molar-refractivity contribution in [1.82, 2.24) is 15.5 Å². The highest BCUT2D eigenvalue weighted by Gasteiger charge is 2.12. The third kappa shape index (κ3) is 3.67. The van der Waals surface area contributed by atoms with Crippen LogP contribution >= 0.6 is 0 Å². The topological polar surface area (TPSA) is 94.0 Å². The van der Waals surface area contributed by atoms with Crippen molar-refractivity contribution in [3.05, 3.63) is 11.7 Å². The average Bonchev–Trinajstić information content (AvgIpc) is 2.61. The van der Waals surface area contributed by atoms with Gasteiger partial charge < -0.3 is 15.6 Å². The Bertz CT molecular complexity index is 324. The number of carbonyl (C=O) groups excluding carboxylic acids is 1. The van der Waals surface area contributed by atoms with Gasteiger partial charge in [0, 0.05) is 6.92 Å². The number of nitrogens with zero attached hydrogens (tertiary/aromatic N) is 2. The molecule has 0 spiro atoms. The van der Waals surface area contributed by atoms with E-state index in [1.807, 2.05) is 6.92 Å². The molecular formula is C9H16N4O2. The molecule has 0 saturated heterocycles. The normalized spacial score (nSPS) is 12.5. The maximum Gasteiger partial charge on any atom is 0.237 e. The molecule has 1 aromatic rings. The van der Waals surface area contributed by atoms with Crippen LogP contribution in [0, 0.1) is 6.92 Å². The number of hydrogen-bond donors (Lipinski definition) is 2. The van der Waals surface area contributed by atoms with Gasteiger partial charge in [0.15, 0.2) is 5.82 Å². The molecule has 15 heavy (non-hydrogen) atoms. The van der Waals surface area contributed by atoms with Gasteiger partial charge in [-0.15, -0.1) is 0 Å². The first-order valence-corrected chi connectivity index (χ1v) is 4.96. The Labute approximate surface area is 88.2 Å². The van der Waals surface area contributed by atoms with Crippen molar-refractivity contribution in [2.45, 2.75) is 39.3 Å². The van der Waals surface area contributed by atoms with Crippen LogP contribution in [0.25, 0.3) is 0 Å². The Morgan fingerprint density at radius 2 is 2.40 bits per heavy atom.